The number of benzene rings is 1. The molecule has 110 valence electrons. The zero-order valence-corrected chi connectivity index (χ0v) is 12.3. The highest BCUT2D eigenvalue weighted by Gasteiger charge is 2.32. The van der Waals surface area contributed by atoms with E-state index in [0.717, 1.165) is 30.3 Å². The zero-order chi connectivity index (χ0) is 14.1. The number of anilines is 1. The first-order chi connectivity index (χ1) is 10.4. The summed E-state index contributed by atoms with van der Waals surface area (Å²) in [6.07, 6.45) is 6.95. The number of nitrogens with zero attached hydrogens (tertiary/aromatic N) is 3. The monoisotopic (exact) mass is 282 g/mol. The van der Waals surface area contributed by atoms with E-state index in [1.165, 1.54) is 37.6 Å². The van der Waals surface area contributed by atoms with Gasteiger partial charge in [0.15, 0.2) is 0 Å². The Hall–Kier alpha value is -1.68. The van der Waals surface area contributed by atoms with Crippen LogP contribution in [-0.2, 0) is 0 Å². The van der Waals surface area contributed by atoms with Crippen molar-refractivity contribution in [2.75, 3.05) is 24.5 Å². The lowest BCUT2D eigenvalue weighted by atomic mass is 9.99. The van der Waals surface area contributed by atoms with Crippen molar-refractivity contribution >= 4 is 16.7 Å². The maximum absolute atomic E-state index is 4.63. The number of rotatable bonds is 4. The average Bonchev–Trinajstić information content (AvgIpc) is 3.38. The number of hydrogen-bond donors (Lipinski definition) is 1. The van der Waals surface area contributed by atoms with Gasteiger partial charge in [-0.3, -0.25) is 0 Å². The second-order valence-corrected chi connectivity index (χ2v) is 6.31. The van der Waals surface area contributed by atoms with Crippen LogP contribution >= 0.6 is 0 Å². The molecule has 1 aromatic heterocycles. The summed E-state index contributed by atoms with van der Waals surface area (Å²) >= 11 is 0. The van der Waals surface area contributed by atoms with Crippen molar-refractivity contribution in [3.8, 4) is 0 Å². The minimum Gasteiger partial charge on any atom is -0.353 e. The van der Waals surface area contributed by atoms with E-state index < -0.39 is 0 Å². The third kappa shape index (κ3) is 2.72. The Kier molecular flexibility index (Phi) is 3.47. The Bertz CT molecular complexity index is 612. The molecular weight excluding hydrogens is 260 g/mol. The molecule has 21 heavy (non-hydrogen) atoms. The molecule has 0 amide bonds. The molecule has 1 saturated carbocycles. The van der Waals surface area contributed by atoms with Crippen LogP contribution in [-0.4, -0.2) is 35.6 Å². The second kappa shape index (κ2) is 5.60. The molecule has 4 nitrogen and oxygen atoms in total. The normalized spacial score (nSPS) is 22.4. The highest BCUT2D eigenvalue weighted by molar-refractivity contribution is 5.89. The predicted octanol–water partition coefficient (Wildman–Crippen LogP) is 2.60. The van der Waals surface area contributed by atoms with Crippen LogP contribution in [0.2, 0.25) is 0 Å². The lowest BCUT2D eigenvalue weighted by molar-refractivity contribution is 0.375. The number of aromatic nitrogens is 2. The molecule has 1 unspecified atom stereocenters. The van der Waals surface area contributed by atoms with Gasteiger partial charge in [-0.15, -0.1) is 0 Å². The van der Waals surface area contributed by atoms with Gasteiger partial charge in [0, 0.05) is 18.0 Å². The second-order valence-electron chi connectivity index (χ2n) is 6.31. The van der Waals surface area contributed by atoms with Gasteiger partial charge in [-0.1, -0.05) is 12.1 Å². The Morgan fingerprint density at radius 2 is 2.05 bits per heavy atom. The van der Waals surface area contributed by atoms with E-state index in [9.17, 15) is 0 Å². The first-order valence-electron chi connectivity index (χ1n) is 8.09. The molecule has 1 aromatic carbocycles. The summed E-state index contributed by atoms with van der Waals surface area (Å²) in [6, 6.07) is 9.05. The fourth-order valence-electron chi connectivity index (χ4n) is 3.37. The Balaban J connectivity index is 1.65. The van der Waals surface area contributed by atoms with Gasteiger partial charge < -0.3 is 10.2 Å². The predicted molar refractivity (Wildman–Crippen MR) is 85.5 cm³/mol. The molecule has 2 fully saturated rings. The van der Waals surface area contributed by atoms with E-state index in [1.807, 2.05) is 6.07 Å². The summed E-state index contributed by atoms with van der Waals surface area (Å²) in [7, 11) is 0. The molecule has 0 bridgehead atoms. The van der Waals surface area contributed by atoms with E-state index >= 15 is 0 Å². The van der Waals surface area contributed by atoms with E-state index in [2.05, 4.69) is 38.4 Å². The molecule has 1 saturated heterocycles. The van der Waals surface area contributed by atoms with Crippen LogP contribution in [0.1, 0.15) is 25.7 Å². The molecule has 4 rings (SSSR count). The van der Waals surface area contributed by atoms with Gasteiger partial charge in [-0.05, 0) is 56.8 Å². The van der Waals surface area contributed by atoms with Gasteiger partial charge in [0.1, 0.15) is 12.1 Å². The number of piperidine rings is 1. The van der Waals surface area contributed by atoms with Crippen molar-refractivity contribution < 1.29 is 0 Å². The van der Waals surface area contributed by atoms with E-state index in [-0.39, 0.29) is 0 Å². The maximum Gasteiger partial charge on any atom is 0.140 e. The minimum atomic E-state index is 0.685. The van der Waals surface area contributed by atoms with Gasteiger partial charge >= 0.3 is 0 Å². The Labute approximate surface area is 125 Å². The van der Waals surface area contributed by atoms with Gasteiger partial charge in [0.2, 0.25) is 0 Å². The molecule has 1 aliphatic heterocycles. The first-order valence-corrected chi connectivity index (χ1v) is 8.09. The molecule has 2 aliphatic rings. The third-order valence-corrected chi connectivity index (χ3v) is 4.64. The van der Waals surface area contributed by atoms with Gasteiger partial charge in [0.05, 0.1) is 5.52 Å². The molecular formula is C17H22N4. The molecule has 2 aromatic rings. The molecule has 1 aliphatic carbocycles. The number of para-hydroxylation sites is 1. The summed E-state index contributed by atoms with van der Waals surface area (Å²) in [5.41, 5.74) is 1.05. The molecule has 1 atom stereocenters. The minimum absolute atomic E-state index is 0.685. The topological polar surface area (TPSA) is 41.0 Å². The number of nitrogens with one attached hydrogen (secondary N) is 1. The van der Waals surface area contributed by atoms with Crippen molar-refractivity contribution in [1.29, 1.82) is 0 Å². The van der Waals surface area contributed by atoms with E-state index in [0.29, 0.717) is 6.04 Å². The van der Waals surface area contributed by atoms with Crippen LogP contribution in [0.25, 0.3) is 10.9 Å². The van der Waals surface area contributed by atoms with Crippen LogP contribution in [0.4, 0.5) is 5.82 Å². The largest absolute Gasteiger partial charge is 0.353 e. The molecule has 0 spiro atoms. The highest BCUT2D eigenvalue weighted by Crippen LogP contribution is 2.35. The van der Waals surface area contributed by atoms with Gasteiger partial charge in [-0.2, -0.15) is 0 Å². The SMILES string of the molecule is c1ccc2c(N(CC3CCCNC3)C3CC3)ncnc2c1. The maximum atomic E-state index is 4.63. The average molecular weight is 282 g/mol. The van der Waals surface area contributed by atoms with Gasteiger partial charge in [-0.25, -0.2) is 9.97 Å². The fourth-order valence-corrected chi connectivity index (χ4v) is 3.37. The molecule has 2 heterocycles. The molecule has 0 radical (unpaired) electrons. The van der Waals surface area contributed by atoms with Crippen molar-refractivity contribution in [2.24, 2.45) is 5.92 Å². The standard InChI is InChI=1S/C17H22N4/c1-2-6-16-15(5-1)17(20-12-19-16)21(14-7-8-14)11-13-4-3-9-18-10-13/h1-2,5-6,12-14,18H,3-4,7-11H2. The van der Waals surface area contributed by atoms with Crippen LogP contribution < -0.4 is 10.2 Å². The lowest BCUT2D eigenvalue weighted by Crippen LogP contribution is -2.39. The summed E-state index contributed by atoms with van der Waals surface area (Å²) in [5, 5.41) is 4.72. The van der Waals surface area contributed by atoms with Crippen LogP contribution in [0.5, 0.6) is 0 Å². The zero-order valence-electron chi connectivity index (χ0n) is 12.3. The number of hydrogen-bond acceptors (Lipinski definition) is 4. The van der Waals surface area contributed by atoms with Gasteiger partial charge in [0.25, 0.3) is 0 Å². The summed E-state index contributed by atoms with van der Waals surface area (Å²) in [6.45, 7) is 3.45. The van der Waals surface area contributed by atoms with E-state index in [4.69, 9.17) is 0 Å². The lowest BCUT2D eigenvalue weighted by Gasteiger charge is -2.31. The first kappa shape index (κ1) is 13.0. The van der Waals surface area contributed by atoms with Crippen molar-refractivity contribution in [2.45, 2.75) is 31.7 Å². The smallest absolute Gasteiger partial charge is 0.140 e. The Morgan fingerprint density at radius 1 is 1.14 bits per heavy atom. The highest BCUT2D eigenvalue weighted by atomic mass is 15.2. The van der Waals surface area contributed by atoms with E-state index in [1.54, 1.807) is 6.33 Å². The van der Waals surface area contributed by atoms with Crippen molar-refractivity contribution in [3.05, 3.63) is 30.6 Å². The van der Waals surface area contributed by atoms with Crippen LogP contribution in [0.3, 0.4) is 0 Å². The summed E-state index contributed by atoms with van der Waals surface area (Å²) in [4.78, 5) is 11.6. The summed E-state index contributed by atoms with van der Waals surface area (Å²) < 4.78 is 0. The quantitative estimate of drug-likeness (QED) is 0.936. The third-order valence-electron chi connectivity index (χ3n) is 4.64. The molecule has 1 N–H and O–H groups in total. The Morgan fingerprint density at radius 3 is 2.86 bits per heavy atom. The number of fused-ring (bicyclic) bond motifs is 1. The summed E-state index contributed by atoms with van der Waals surface area (Å²) in [5.74, 6) is 1.88. The van der Waals surface area contributed by atoms with Crippen molar-refractivity contribution in [1.82, 2.24) is 15.3 Å². The molecule has 4 heteroatoms. The van der Waals surface area contributed by atoms with Crippen LogP contribution in [0.15, 0.2) is 30.6 Å². The fraction of sp³-hybridized carbons (Fsp3) is 0.529. The van der Waals surface area contributed by atoms with Crippen LogP contribution in [0, 0.1) is 5.92 Å². The van der Waals surface area contributed by atoms with Crippen molar-refractivity contribution in [3.63, 3.8) is 0 Å².